The number of aromatic nitrogens is 2. The maximum absolute atomic E-state index is 5.68. The molecule has 1 aromatic heterocycles. The van der Waals surface area contributed by atoms with Crippen LogP contribution in [-0.4, -0.2) is 9.55 Å². The van der Waals surface area contributed by atoms with Crippen LogP contribution in [0.15, 0.2) is 34.9 Å². The van der Waals surface area contributed by atoms with Crippen molar-refractivity contribution < 1.29 is 0 Å². The molecule has 0 aliphatic rings. The van der Waals surface area contributed by atoms with Gasteiger partial charge in [-0.1, -0.05) is 34.1 Å². The molecule has 2 N–H and O–H groups in total. The van der Waals surface area contributed by atoms with E-state index in [1.54, 1.807) is 0 Å². The van der Waals surface area contributed by atoms with Crippen molar-refractivity contribution in [1.82, 2.24) is 9.55 Å². The summed E-state index contributed by atoms with van der Waals surface area (Å²) in [6.07, 6.45) is 3.86. The topological polar surface area (TPSA) is 43.8 Å². The molecule has 0 saturated heterocycles. The number of halogens is 1. The van der Waals surface area contributed by atoms with Crippen molar-refractivity contribution in [3.05, 3.63) is 46.2 Å². The number of nitrogen functional groups attached to an aromatic ring is 1. The number of imidazole rings is 1. The Labute approximate surface area is 103 Å². The van der Waals surface area contributed by atoms with Crippen molar-refractivity contribution in [2.75, 3.05) is 5.73 Å². The average Bonchev–Trinajstić information content (AvgIpc) is 2.57. The Balaban J connectivity index is 2.05. The lowest BCUT2D eigenvalue weighted by Crippen LogP contribution is -1.95. The Morgan fingerprint density at radius 2 is 2.06 bits per heavy atom. The van der Waals surface area contributed by atoms with E-state index >= 15 is 0 Å². The van der Waals surface area contributed by atoms with Crippen LogP contribution in [0, 0.1) is 0 Å². The first kappa shape index (κ1) is 11.2. The van der Waals surface area contributed by atoms with Crippen LogP contribution < -0.4 is 5.73 Å². The highest BCUT2D eigenvalue weighted by molar-refractivity contribution is 9.10. The second-order valence-electron chi connectivity index (χ2n) is 3.79. The predicted octanol–water partition coefficient (Wildman–Crippen LogP) is 2.55. The molecule has 0 atom stereocenters. The molecule has 0 fully saturated rings. The number of rotatable bonds is 3. The van der Waals surface area contributed by atoms with E-state index in [1.807, 2.05) is 29.9 Å². The van der Waals surface area contributed by atoms with Crippen LogP contribution in [0.4, 0.5) is 5.95 Å². The molecule has 3 nitrogen and oxygen atoms in total. The summed E-state index contributed by atoms with van der Waals surface area (Å²) in [5, 5.41) is 0. The number of hydrogen-bond acceptors (Lipinski definition) is 2. The van der Waals surface area contributed by atoms with Crippen LogP contribution in [-0.2, 0) is 19.9 Å². The molecule has 0 amide bonds. The van der Waals surface area contributed by atoms with Crippen molar-refractivity contribution in [2.45, 2.75) is 12.8 Å². The summed E-state index contributed by atoms with van der Waals surface area (Å²) < 4.78 is 2.99. The highest BCUT2D eigenvalue weighted by atomic mass is 79.9. The fraction of sp³-hybridized carbons (Fsp3) is 0.250. The minimum absolute atomic E-state index is 0.571. The molecule has 2 rings (SSSR count). The van der Waals surface area contributed by atoms with Crippen LogP contribution in [0.3, 0.4) is 0 Å². The van der Waals surface area contributed by atoms with Gasteiger partial charge in [0.05, 0.1) is 5.69 Å². The summed E-state index contributed by atoms with van der Waals surface area (Å²) in [4.78, 5) is 4.28. The number of benzene rings is 1. The van der Waals surface area contributed by atoms with Gasteiger partial charge in [0.25, 0.3) is 0 Å². The molecule has 0 aliphatic carbocycles. The number of nitrogens with zero attached hydrogens (tertiary/aromatic N) is 2. The van der Waals surface area contributed by atoms with Crippen molar-refractivity contribution in [1.29, 1.82) is 0 Å². The molecule has 0 radical (unpaired) electrons. The Morgan fingerprint density at radius 1 is 1.31 bits per heavy atom. The predicted molar refractivity (Wildman–Crippen MR) is 69.2 cm³/mol. The highest BCUT2D eigenvalue weighted by Gasteiger charge is 2.03. The Hall–Kier alpha value is -1.29. The summed E-state index contributed by atoms with van der Waals surface area (Å²) in [6, 6.07) is 8.25. The molecule has 0 bridgehead atoms. The number of hydrogen-bond donors (Lipinski definition) is 1. The van der Waals surface area contributed by atoms with E-state index in [0.29, 0.717) is 5.95 Å². The van der Waals surface area contributed by atoms with E-state index in [0.717, 1.165) is 23.0 Å². The first-order valence-corrected chi connectivity index (χ1v) is 5.97. The molecule has 0 aliphatic heterocycles. The van der Waals surface area contributed by atoms with Gasteiger partial charge in [0.15, 0.2) is 5.95 Å². The Kier molecular flexibility index (Phi) is 3.29. The molecule has 2 aromatic rings. The highest BCUT2D eigenvalue weighted by Crippen LogP contribution is 2.18. The van der Waals surface area contributed by atoms with Gasteiger partial charge in [-0.15, -0.1) is 0 Å². The standard InChI is InChI=1S/C12H14BrN3/c1-16-8-10(15-12(16)14)7-6-9-4-2-3-5-11(9)13/h2-5,8H,6-7H2,1H3,(H2,14,15). The molecular weight excluding hydrogens is 266 g/mol. The Morgan fingerprint density at radius 3 is 2.69 bits per heavy atom. The van der Waals surface area contributed by atoms with E-state index in [4.69, 9.17) is 5.73 Å². The zero-order valence-corrected chi connectivity index (χ0v) is 10.7. The van der Waals surface area contributed by atoms with Gasteiger partial charge in [0.2, 0.25) is 0 Å². The van der Waals surface area contributed by atoms with Gasteiger partial charge in [-0.25, -0.2) is 4.98 Å². The minimum atomic E-state index is 0.571. The number of anilines is 1. The second kappa shape index (κ2) is 4.70. The lowest BCUT2D eigenvalue weighted by molar-refractivity contribution is 0.907. The maximum Gasteiger partial charge on any atom is 0.200 e. The van der Waals surface area contributed by atoms with Crippen molar-refractivity contribution >= 4 is 21.9 Å². The molecular formula is C12H14BrN3. The Bertz CT molecular complexity index is 471. The summed E-state index contributed by atoms with van der Waals surface area (Å²) in [7, 11) is 1.91. The van der Waals surface area contributed by atoms with E-state index < -0.39 is 0 Å². The minimum Gasteiger partial charge on any atom is -0.369 e. The van der Waals surface area contributed by atoms with E-state index in [2.05, 4.69) is 33.0 Å². The van der Waals surface area contributed by atoms with E-state index in [-0.39, 0.29) is 0 Å². The van der Waals surface area contributed by atoms with Gasteiger partial charge < -0.3 is 10.3 Å². The van der Waals surface area contributed by atoms with E-state index in [9.17, 15) is 0 Å². The smallest absolute Gasteiger partial charge is 0.200 e. The molecule has 84 valence electrons. The molecule has 4 heteroatoms. The molecule has 1 aromatic carbocycles. The van der Waals surface area contributed by atoms with E-state index in [1.165, 1.54) is 5.56 Å². The molecule has 1 heterocycles. The largest absolute Gasteiger partial charge is 0.369 e. The molecule has 0 spiro atoms. The third-order valence-electron chi connectivity index (χ3n) is 2.57. The molecule has 16 heavy (non-hydrogen) atoms. The second-order valence-corrected chi connectivity index (χ2v) is 4.65. The summed E-state index contributed by atoms with van der Waals surface area (Å²) in [5.41, 5.74) is 8.02. The fourth-order valence-corrected chi connectivity index (χ4v) is 2.11. The number of nitrogens with two attached hydrogens (primary N) is 1. The van der Waals surface area contributed by atoms with Crippen LogP contribution in [0.5, 0.6) is 0 Å². The van der Waals surface area contributed by atoms with Crippen LogP contribution in [0.1, 0.15) is 11.3 Å². The zero-order valence-electron chi connectivity index (χ0n) is 9.15. The first-order valence-electron chi connectivity index (χ1n) is 5.18. The maximum atomic E-state index is 5.68. The fourth-order valence-electron chi connectivity index (χ4n) is 1.63. The third kappa shape index (κ3) is 2.44. The lowest BCUT2D eigenvalue weighted by atomic mass is 10.1. The normalized spacial score (nSPS) is 10.6. The van der Waals surface area contributed by atoms with Gasteiger partial charge in [0.1, 0.15) is 0 Å². The van der Waals surface area contributed by atoms with Gasteiger partial charge in [-0.3, -0.25) is 0 Å². The molecule has 0 saturated carbocycles. The van der Waals surface area contributed by atoms with Crippen molar-refractivity contribution in [3.63, 3.8) is 0 Å². The zero-order chi connectivity index (χ0) is 11.5. The van der Waals surface area contributed by atoms with Crippen LogP contribution >= 0.6 is 15.9 Å². The van der Waals surface area contributed by atoms with Crippen LogP contribution in [0.2, 0.25) is 0 Å². The third-order valence-corrected chi connectivity index (χ3v) is 3.34. The number of aryl methyl sites for hydroxylation is 3. The van der Waals surface area contributed by atoms with Gasteiger partial charge in [-0.05, 0) is 24.5 Å². The summed E-state index contributed by atoms with van der Waals surface area (Å²) in [6.45, 7) is 0. The summed E-state index contributed by atoms with van der Waals surface area (Å²) in [5.74, 6) is 0.571. The quantitative estimate of drug-likeness (QED) is 0.939. The van der Waals surface area contributed by atoms with Crippen LogP contribution in [0.25, 0.3) is 0 Å². The average molecular weight is 280 g/mol. The summed E-state index contributed by atoms with van der Waals surface area (Å²) >= 11 is 3.54. The van der Waals surface area contributed by atoms with Gasteiger partial charge in [-0.2, -0.15) is 0 Å². The first-order chi connectivity index (χ1) is 7.66. The van der Waals surface area contributed by atoms with Crippen molar-refractivity contribution in [2.24, 2.45) is 7.05 Å². The SMILES string of the molecule is Cn1cc(CCc2ccccc2Br)nc1N. The monoisotopic (exact) mass is 279 g/mol. The van der Waals surface area contributed by atoms with Gasteiger partial charge >= 0.3 is 0 Å². The lowest BCUT2D eigenvalue weighted by Gasteiger charge is -2.01. The van der Waals surface area contributed by atoms with Crippen molar-refractivity contribution in [3.8, 4) is 0 Å². The van der Waals surface area contributed by atoms with Gasteiger partial charge in [0, 0.05) is 17.7 Å². The molecule has 0 unspecified atom stereocenters.